The lowest BCUT2D eigenvalue weighted by Gasteiger charge is -2.32. The summed E-state index contributed by atoms with van der Waals surface area (Å²) in [6.07, 6.45) is 2.79. The molecule has 0 radical (unpaired) electrons. The molecule has 8 N–H and O–H groups in total. The lowest BCUT2D eigenvalue weighted by Crippen LogP contribution is -2.57. The largest absolute Gasteiger partial charge is 0.480 e. The Morgan fingerprint density at radius 2 is 1.67 bits per heavy atom. The Morgan fingerprint density at radius 1 is 1.06 bits per heavy atom. The van der Waals surface area contributed by atoms with Gasteiger partial charge in [-0.15, -0.1) is 0 Å². The number of aliphatic imine (C=N–C) groups is 1. The Bertz CT molecular complexity index is 768. The molecular formula is C21H37N7O5. The molecule has 2 saturated heterocycles. The van der Waals surface area contributed by atoms with Gasteiger partial charge in [0, 0.05) is 19.6 Å². The van der Waals surface area contributed by atoms with E-state index in [1.54, 1.807) is 0 Å². The molecule has 0 spiro atoms. The number of nitrogens with one attached hydrogen (secondary N) is 1. The first-order valence-electron chi connectivity index (χ1n) is 11.5. The normalized spacial score (nSPS) is 22.2. The standard InChI is InChI=1S/C21H37N7O5/c1-12(2)16(22)17(29)26-13(6-3-9-25-21(23)24)18(30)27-10-4-7-14(27)19(31)28-11-5-8-15(28)20(32)33/h12-16H,3-11,22H2,1-2H3,(H,26,29)(H,32,33)(H4,23,24,25). The average Bonchev–Trinajstić information content (AvgIpc) is 3.43. The maximum atomic E-state index is 13.4. The van der Waals surface area contributed by atoms with Gasteiger partial charge in [0.05, 0.1) is 6.04 Å². The lowest BCUT2D eigenvalue weighted by molar-refractivity contribution is -0.152. The number of nitrogens with zero attached hydrogens (tertiary/aromatic N) is 3. The van der Waals surface area contributed by atoms with E-state index in [0.717, 1.165) is 0 Å². The van der Waals surface area contributed by atoms with Crippen molar-refractivity contribution in [3.63, 3.8) is 0 Å². The van der Waals surface area contributed by atoms with Gasteiger partial charge in [-0.3, -0.25) is 19.4 Å². The van der Waals surface area contributed by atoms with Crippen LogP contribution in [-0.2, 0) is 19.2 Å². The smallest absolute Gasteiger partial charge is 0.326 e. The topological polar surface area (TPSA) is 197 Å². The SMILES string of the molecule is CC(C)C(N)C(=O)NC(CCCN=C(N)N)C(=O)N1CCCC1C(=O)N1CCCC1C(=O)O. The van der Waals surface area contributed by atoms with Crippen molar-refractivity contribution in [3.05, 3.63) is 0 Å². The molecule has 33 heavy (non-hydrogen) atoms. The number of carboxylic acids is 1. The van der Waals surface area contributed by atoms with Gasteiger partial charge < -0.3 is 37.4 Å². The van der Waals surface area contributed by atoms with E-state index in [9.17, 15) is 24.3 Å². The summed E-state index contributed by atoms with van der Waals surface area (Å²) in [5.41, 5.74) is 16.6. The van der Waals surface area contributed by atoms with Crippen molar-refractivity contribution in [2.45, 2.75) is 76.5 Å². The molecule has 0 aromatic carbocycles. The van der Waals surface area contributed by atoms with Gasteiger partial charge in [-0.25, -0.2) is 4.79 Å². The number of nitrogens with two attached hydrogens (primary N) is 3. The van der Waals surface area contributed by atoms with E-state index in [-0.39, 0.29) is 36.7 Å². The molecule has 4 atom stereocenters. The number of carbonyl (C=O) groups excluding carboxylic acids is 3. The number of rotatable bonds is 10. The predicted octanol–water partition coefficient (Wildman–Crippen LogP) is -1.43. The van der Waals surface area contributed by atoms with Crippen LogP contribution in [-0.4, -0.2) is 88.4 Å². The van der Waals surface area contributed by atoms with Crippen molar-refractivity contribution >= 4 is 29.7 Å². The minimum absolute atomic E-state index is 0.0625. The van der Waals surface area contributed by atoms with Gasteiger partial charge in [0.2, 0.25) is 17.7 Å². The van der Waals surface area contributed by atoms with Crippen LogP contribution in [0.15, 0.2) is 4.99 Å². The summed E-state index contributed by atoms with van der Waals surface area (Å²) in [7, 11) is 0. The van der Waals surface area contributed by atoms with E-state index < -0.39 is 36.0 Å². The summed E-state index contributed by atoms with van der Waals surface area (Å²) in [6, 6.07) is -3.28. The van der Waals surface area contributed by atoms with Crippen LogP contribution in [0.25, 0.3) is 0 Å². The monoisotopic (exact) mass is 467 g/mol. The third-order valence-electron chi connectivity index (χ3n) is 6.22. The van der Waals surface area contributed by atoms with E-state index >= 15 is 0 Å². The third-order valence-corrected chi connectivity index (χ3v) is 6.22. The zero-order valence-corrected chi connectivity index (χ0v) is 19.4. The highest BCUT2D eigenvalue weighted by atomic mass is 16.4. The number of likely N-dealkylation sites (tertiary alicyclic amines) is 2. The van der Waals surface area contributed by atoms with Crippen molar-refractivity contribution in [3.8, 4) is 0 Å². The van der Waals surface area contributed by atoms with Crippen LogP contribution in [0.2, 0.25) is 0 Å². The Kier molecular flexibility index (Phi) is 9.44. The minimum atomic E-state index is -1.04. The highest BCUT2D eigenvalue weighted by Crippen LogP contribution is 2.26. The van der Waals surface area contributed by atoms with Gasteiger partial charge in [-0.2, -0.15) is 0 Å². The van der Waals surface area contributed by atoms with Crippen LogP contribution in [0.5, 0.6) is 0 Å². The molecule has 2 aliphatic heterocycles. The first-order chi connectivity index (χ1) is 15.5. The van der Waals surface area contributed by atoms with Gasteiger partial charge in [0.1, 0.15) is 18.1 Å². The summed E-state index contributed by atoms with van der Waals surface area (Å²) in [5, 5.41) is 12.2. The molecule has 0 aliphatic carbocycles. The Balaban J connectivity index is 2.16. The van der Waals surface area contributed by atoms with Crippen LogP contribution in [0.4, 0.5) is 0 Å². The molecule has 4 unspecified atom stereocenters. The van der Waals surface area contributed by atoms with Crippen LogP contribution in [0.1, 0.15) is 52.4 Å². The molecule has 0 aromatic heterocycles. The summed E-state index contributed by atoms with van der Waals surface area (Å²) >= 11 is 0. The van der Waals surface area contributed by atoms with Gasteiger partial charge in [0.15, 0.2) is 5.96 Å². The number of guanidine groups is 1. The number of carbonyl (C=O) groups is 4. The quantitative estimate of drug-likeness (QED) is 0.146. The predicted molar refractivity (Wildman–Crippen MR) is 122 cm³/mol. The van der Waals surface area contributed by atoms with Crippen molar-refractivity contribution in [2.24, 2.45) is 28.1 Å². The molecule has 3 amide bonds. The third kappa shape index (κ3) is 6.80. The first kappa shape index (κ1) is 26.4. The summed E-state index contributed by atoms with van der Waals surface area (Å²) in [6.45, 7) is 4.62. The zero-order valence-electron chi connectivity index (χ0n) is 19.4. The second kappa shape index (κ2) is 11.8. The van der Waals surface area contributed by atoms with E-state index in [1.807, 2.05) is 13.8 Å². The van der Waals surface area contributed by atoms with Crippen LogP contribution < -0.4 is 22.5 Å². The lowest BCUT2D eigenvalue weighted by atomic mass is 10.0. The Morgan fingerprint density at radius 3 is 2.24 bits per heavy atom. The number of hydrogen-bond donors (Lipinski definition) is 5. The molecule has 0 aromatic rings. The van der Waals surface area contributed by atoms with E-state index in [0.29, 0.717) is 45.2 Å². The Labute approximate surface area is 193 Å². The molecule has 2 heterocycles. The van der Waals surface area contributed by atoms with E-state index in [2.05, 4.69) is 10.3 Å². The van der Waals surface area contributed by atoms with Gasteiger partial charge in [-0.1, -0.05) is 13.8 Å². The summed E-state index contributed by atoms with van der Waals surface area (Å²) in [5.74, 6) is -2.40. The molecule has 12 heteroatoms. The highest BCUT2D eigenvalue weighted by molar-refractivity contribution is 5.94. The molecule has 2 aliphatic rings. The van der Waals surface area contributed by atoms with E-state index in [4.69, 9.17) is 17.2 Å². The molecule has 0 bridgehead atoms. The minimum Gasteiger partial charge on any atom is -0.480 e. The number of hydrogen-bond acceptors (Lipinski definition) is 6. The zero-order chi connectivity index (χ0) is 24.7. The fraction of sp³-hybridized carbons (Fsp3) is 0.762. The van der Waals surface area contributed by atoms with Crippen molar-refractivity contribution in [1.29, 1.82) is 0 Å². The fourth-order valence-corrected chi connectivity index (χ4v) is 4.30. The second-order valence-electron chi connectivity index (χ2n) is 9.00. The second-order valence-corrected chi connectivity index (χ2v) is 9.00. The number of aliphatic carboxylic acids is 1. The molecule has 12 nitrogen and oxygen atoms in total. The molecular weight excluding hydrogens is 430 g/mol. The van der Waals surface area contributed by atoms with Crippen molar-refractivity contribution in [1.82, 2.24) is 15.1 Å². The van der Waals surface area contributed by atoms with Crippen LogP contribution in [0.3, 0.4) is 0 Å². The number of carboxylic acid groups (broad SMARTS) is 1. The Hall–Kier alpha value is -2.89. The molecule has 2 fully saturated rings. The molecule has 0 saturated carbocycles. The van der Waals surface area contributed by atoms with Crippen LogP contribution in [0, 0.1) is 5.92 Å². The number of amides is 3. The van der Waals surface area contributed by atoms with Gasteiger partial charge >= 0.3 is 5.97 Å². The highest BCUT2D eigenvalue weighted by Gasteiger charge is 2.43. The van der Waals surface area contributed by atoms with Crippen molar-refractivity contribution in [2.75, 3.05) is 19.6 Å². The van der Waals surface area contributed by atoms with Crippen LogP contribution >= 0.6 is 0 Å². The summed E-state index contributed by atoms with van der Waals surface area (Å²) in [4.78, 5) is 57.5. The average molecular weight is 468 g/mol. The van der Waals surface area contributed by atoms with Gasteiger partial charge in [0.25, 0.3) is 0 Å². The molecule has 186 valence electrons. The van der Waals surface area contributed by atoms with E-state index in [1.165, 1.54) is 9.80 Å². The fourth-order valence-electron chi connectivity index (χ4n) is 4.30. The van der Waals surface area contributed by atoms with Gasteiger partial charge in [-0.05, 0) is 44.4 Å². The molecule has 2 rings (SSSR count). The summed E-state index contributed by atoms with van der Waals surface area (Å²) < 4.78 is 0. The van der Waals surface area contributed by atoms with Crippen molar-refractivity contribution < 1.29 is 24.3 Å². The maximum Gasteiger partial charge on any atom is 0.326 e. The first-order valence-corrected chi connectivity index (χ1v) is 11.5. The maximum absolute atomic E-state index is 13.4.